The van der Waals surface area contributed by atoms with Crippen LogP contribution in [0.25, 0.3) is 0 Å². The fourth-order valence-corrected chi connectivity index (χ4v) is 3.13. The molecular formula is C15H16FN3OS. The van der Waals surface area contributed by atoms with E-state index in [1.807, 2.05) is 17.5 Å². The van der Waals surface area contributed by atoms with Crippen molar-refractivity contribution in [1.82, 2.24) is 0 Å². The summed E-state index contributed by atoms with van der Waals surface area (Å²) in [6.45, 7) is 0.706. The van der Waals surface area contributed by atoms with Gasteiger partial charge in [-0.05, 0) is 36.4 Å². The summed E-state index contributed by atoms with van der Waals surface area (Å²) < 4.78 is 14.1. The van der Waals surface area contributed by atoms with Crippen LogP contribution in [0.15, 0.2) is 40.9 Å². The summed E-state index contributed by atoms with van der Waals surface area (Å²) >= 11 is 1.67. The standard InChI is InChI=1S/C15H16FN3OS/c16-12-4-1-5-13(14(12)15(17)18-20)19(10-6-7-10)9-11-3-2-8-21-11/h1-5,8,10,20H,6-7,9H2,(H2,17,18). The number of nitrogens with two attached hydrogens (primary N) is 1. The van der Waals surface area contributed by atoms with Crippen LogP contribution in [0.2, 0.25) is 0 Å². The number of anilines is 1. The molecule has 0 unspecified atom stereocenters. The molecular weight excluding hydrogens is 289 g/mol. The molecule has 0 aliphatic heterocycles. The molecule has 0 bridgehead atoms. The van der Waals surface area contributed by atoms with Crippen molar-refractivity contribution in [2.75, 3.05) is 4.90 Å². The first kappa shape index (κ1) is 13.9. The summed E-state index contributed by atoms with van der Waals surface area (Å²) in [7, 11) is 0. The van der Waals surface area contributed by atoms with E-state index in [4.69, 9.17) is 10.9 Å². The number of hydrogen-bond acceptors (Lipinski definition) is 4. The van der Waals surface area contributed by atoms with E-state index < -0.39 is 5.82 Å². The third-order valence-corrected chi connectivity index (χ3v) is 4.42. The Morgan fingerprint density at radius 1 is 1.38 bits per heavy atom. The number of amidine groups is 1. The van der Waals surface area contributed by atoms with Gasteiger partial charge in [0.2, 0.25) is 0 Å². The molecule has 110 valence electrons. The predicted molar refractivity (Wildman–Crippen MR) is 82.4 cm³/mol. The van der Waals surface area contributed by atoms with Crippen LogP contribution in [-0.4, -0.2) is 17.1 Å². The molecule has 1 aromatic carbocycles. The number of nitrogens with zero attached hydrogens (tertiary/aromatic N) is 2. The van der Waals surface area contributed by atoms with Gasteiger partial charge in [0.25, 0.3) is 0 Å². The smallest absolute Gasteiger partial charge is 0.175 e. The number of oxime groups is 1. The second kappa shape index (κ2) is 5.73. The monoisotopic (exact) mass is 305 g/mol. The first-order valence-corrected chi connectivity index (χ1v) is 7.64. The van der Waals surface area contributed by atoms with Gasteiger partial charge in [-0.25, -0.2) is 4.39 Å². The van der Waals surface area contributed by atoms with Crippen LogP contribution >= 0.6 is 11.3 Å². The first-order valence-electron chi connectivity index (χ1n) is 6.76. The fourth-order valence-electron chi connectivity index (χ4n) is 2.42. The molecule has 3 N–H and O–H groups in total. The Balaban J connectivity index is 2.01. The minimum Gasteiger partial charge on any atom is -0.409 e. The van der Waals surface area contributed by atoms with Gasteiger partial charge in [0.15, 0.2) is 5.84 Å². The van der Waals surface area contributed by atoms with E-state index in [-0.39, 0.29) is 11.4 Å². The zero-order valence-electron chi connectivity index (χ0n) is 11.4. The summed E-state index contributed by atoms with van der Waals surface area (Å²) in [6, 6.07) is 9.25. The highest BCUT2D eigenvalue weighted by atomic mass is 32.1. The molecule has 1 aliphatic rings. The number of benzene rings is 1. The molecule has 0 saturated heterocycles. The van der Waals surface area contributed by atoms with Gasteiger partial charge in [0.1, 0.15) is 5.82 Å². The molecule has 0 atom stereocenters. The quantitative estimate of drug-likeness (QED) is 0.386. The first-order chi connectivity index (χ1) is 10.2. The van der Waals surface area contributed by atoms with E-state index in [1.54, 1.807) is 17.4 Å². The van der Waals surface area contributed by atoms with Crippen molar-refractivity contribution >= 4 is 22.9 Å². The molecule has 0 amide bonds. The van der Waals surface area contributed by atoms with Gasteiger partial charge >= 0.3 is 0 Å². The summed E-state index contributed by atoms with van der Waals surface area (Å²) in [4.78, 5) is 3.35. The lowest BCUT2D eigenvalue weighted by molar-refractivity contribution is 0.318. The number of rotatable bonds is 5. The Kier molecular flexibility index (Phi) is 3.79. The average molecular weight is 305 g/mol. The zero-order valence-corrected chi connectivity index (χ0v) is 12.2. The third kappa shape index (κ3) is 2.85. The van der Waals surface area contributed by atoms with Crippen LogP contribution in [-0.2, 0) is 6.54 Å². The van der Waals surface area contributed by atoms with Crippen LogP contribution in [0, 0.1) is 5.82 Å². The molecule has 0 radical (unpaired) electrons. The van der Waals surface area contributed by atoms with Gasteiger partial charge in [-0.3, -0.25) is 0 Å². The SMILES string of the molecule is NC(=NO)c1c(F)cccc1N(Cc1cccs1)C1CC1. The summed E-state index contributed by atoms with van der Waals surface area (Å²) in [6.07, 6.45) is 2.16. The zero-order chi connectivity index (χ0) is 14.8. The molecule has 1 saturated carbocycles. The van der Waals surface area contributed by atoms with Crippen molar-refractivity contribution in [3.05, 3.63) is 52.0 Å². The van der Waals surface area contributed by atoms with Gasteiger partial charge < -0.3 is 15.8 Å². The van der Waals surface area contributed by atoms with E-state index in [9.17, 15) is 4.39 Å². The molecule has 21 heavy (non-hydrogen) atoms. The van der Waals surface area contributed by atoms with E-state index in [0.717, 1.165) is 12.8 Å². The van der Waals surface area contributed by atoms with E-state index >= 15 is 0 Å². The molecule has 4 nitrogen and oxygen atoms in total. The summed E-state index contributed by atoms with van der Waals surface area (Å²) in [5.41, 5.74) is 6.52. The Morgan fingerprint density at radius 2 is 2.19 bits per heavy atom. The molecule has 0 spiro atoms. The molecule has 1 aliphatic carbocycles. The molecule has 2 aromatic rings. The lowest BCUT2D eigenvalue weighted by atomic mass is 10.1. The van der Waals surface area contributed by atoms with Crippen molar-refractivity contribution in [2.24, 2.45) is 10.9 Å². The average Bonchev–Trinajstić information content (AvgIpc) is 3.20. The lowest BCUT2D eigenvalue weighted by Gasteiger charge is -2.26. The Bertz CT molecular complexity index is 653. The molecule has 1 heterocycles. The van der Waals surface area contributed by atoms with Gasteiger partial charge in [0.05, 0.1) is 17.8 Å². The highest BCUT2D eigenvalue weighted by Crippen LogP contribution is 2.36. The topological polar surface area (TPSA) is 61.9 Å². The van der Waals surface area contributed by atoms with Crippen LogP contribution < -0.4 is 10.6 Å². The fraction of sp³-hybridized carbons (Fsp3) is 0.267. The number of thiophene rings is 1. The maximum Gasteiger partial charge on any atom is 0.175 e. The van der Waals surface area contributed by atoms with Crippen LogP contribution in [0.3, 0.4) is 0 Å². The Labute approximate surface area is 126 Å². The summed E-state index contributed by atoms with van der Waals surface area (Å²) in [5.74, 6) is -0.667. The minimum atomic E-state index is -0.473. The van der Waals surface area contributed by atoms with Crippen molar-refractivity contribution in [3.63, 3.8) is 0 Å². The molecule has 1 fully saturated rings. The second-order valence-electron chi connectivity index (χ2n) is 5.06. The molecule has 3 rings (SSSR count). The molecule has 1 aromatic heterocycles. The van der Waals surface area contributed by atoms with Gasteiger partial charge in [-0.1, -0.05) is 17.3 Å². The highest BCUT2D eigenvalue weighted by molar-refractivity contribution is 7.09. The third-order valence-electron chi connectivity index (χ3n) is 3.56. The van der Waals surface area contributed by atoms with E-state index in [0.29, 0.717) is 18.3 Å². The lowest BCUT2D eigenvalue weighted by Crippen LogP contribution is -2.28. The van der Waals surface area contributed by atoms with E-state index in [1.165, 1.54) is 10.9 Å². The second-order valence-corrected chi connectivity index (χ2v) is 6.09. The number of hydrogen-bond donors (Lipinski definition) is 2. The number of halogens is 1. The maximum absolute atomic E-state index is 14.1. The normalized spacial score (nSPS) is 15.2. The Morgan fingerprint density at radius 3 is 2.81 bits per heavy atom. The molecule has 6 heteroatoms. The van der Waals surface area contributed by atoms with Crippen LogP contribution in [0.5, 0.6) is 0 Å². The van der Waals surface area contributed by atoms with Gasteiger partial charge in [-0.15, -0.1) is 11.3 Å². The predicted octanol–water partition coefficient (Wildman–Crippen LogP) is 3.15. The van der Waals surface area contributed by atoms with Crippen molar-refractivity contribution < 1.29 is 9.60 Å². The van der Waals surface area contributed by atoms with Gasteiger partial charge in [-0.2, -0.15) is 0 Å². The van der Waals surface area contributed by atoms with Crippen molar-refractivity contribution in [1.29, 1.82) is 0 Å². The Hall–Kier alpha value is -2.08. The maximum atomic E-state index is 14.1. The van der Waals surface area contributed by atoms with Gasteiger partial charge in [0, 0.05) is 10.9 Å². The minimum absolute atomic E-state index is 0.170. The highest BCUT2D eigenvalue weighted by Gasteiger charge is 2.32. The van der Waals surface area contributed by atoms with E-state index in [2.05, 4.69) is 16.1 Å². The largest absolute Gasteiger partial charge is 0.409 e. The van der Waals surface area contributed by atoms with Crippen LogP contribution in [0.1, 0.15) is 23.3 Å². The van der Waals surface area contributed by atoms with Crippen molar-refractivity contribution in [2.45, 2.75) is 25.4 Å². The summed E-state index contributed by atoms with van der Waals surface area (Å²) in [5, 5.41) is 13.9. The van der Waals surface area contributed by atoms with Crippen LogP contribution in [0.4, 0.5) is 10.1 Å². The van der Waals surface area contributed by atoms with Crippen molar-refractivity contribution in [3.8, 4) is 0 Å².